The third-order valence-corrected chi connectivity index (χ3v) is 4.64. The molecule has 0 saturated heterocycles. The standard InChI is InChI=1S/C22H13F5N2O/c23-16-5-3-4-14(20(16)24)12-19(30)13-8-10-15(11-9-13)29-18-7-2-1-6-17(18)28-21(29)22(25,26)27/h1-11H,12H2. The Hall–Kier alpha value is -3.55. The monoisotopic (exact) mass is 416 g/mol. The van der Waals surface area contributed by atoms with Gasteiger partial charge in [0, 0.05) is 17.7 Å². The number of imidazole rings is 1. The van der Waals surface area contributed by atoms with E-state index < -0.39 is 29.4 Å². The lowest BCUT2D eigenvalue weighted by atomic mass is 10.0. The molecule has 0 saturated carbocycles. The Morgan fingerprint density at radius 1 is 0.900 bits per heavy atom. The number of alkyl halides is 3. The minimum atomic E-state index is -4.68. The molecule has 1 aromatic heterocycles. The average molecular weight is 416 g/mol. The molecular weight excluding hydrogens is 403 g/mol. The van der Waals surface area contributed by atoms with E-state index in [1.54, 1.807) is 12.1 Å². The van der Waals surface area contributed by atoms with E-state index in [-0.39, 0.29) is 34.3 Å². The topological polar surface area (TPSA) is 34.9 Å². The van der Waals surface area contributed by atoms with Crippen LogP contribution in [0.3, 0.4) is 0 Å². The Morgan fingerprint density at radius 3 is 2.30 bits per heavy atom. The predicted octanol–water partition coefficient (Wildman–Crippen LogP) is 5.75. The van der Waals surface area contributed by atoms with Gasteiger partial charge in [-0.2, -0.15) is 13.2 Å². The fraction of sp³-hybridized carbons (Fsp3) is 0.0909. The molecule has 0 fully saturated rings. The van der Waals surface area contributed by atoms with Gasteiger partial charge in [-0.05, 0) is 48.0 Å². The third-order valence-electron chi connectivity index (χ3n) is 4.64. The van der Waals surface area contributed by atoms with Gasteiger partial charge in [0.05, 0.1) is 11.0 Å². The smallest absolute Gasteiger partial charge is 0.294 e. The highest BCUT2D eigenvalue weighted by Gasteiger charge is 2.38. The molecule has 4 rings (SSSR count). The van der Waals surface area contributed by atoms with Crippen LogP contribution in [0.15, 0.2) is 66.7 Å². The first-order chi connectivity index (χ1) is 14.3. The Kier molecular flexibility index (Phi) is 4.85. The highest BCUT2D eigenvalue weighted by atomic mass is 19.4. The van der Waals surface area contributed by atoms with Crippen molar-refractivity contribution in [3.8, 4) is 5.69 Å². The second kappa shape index (κ2) is 7.37. The number of nitrogens with zero attached hydrogens (tertiary/aromatic N) is 2. The van der Waals surface area contributed by atoms with E-state index in [4.69, 9.17) is 0 Å². The summed E-state index contributed by atoms with van der Waals surface area (Å²) in [5.74, 6) is -3.72. The number of Topliss-reactive ketones (excluding diaryl/α,β-unsaturated/α-hetero) is 1. The first kappa shape index (κ1) is 19.8. The van der Waals surface area contributed by atoms with Gasteiger partial charge in [0.25, 0.3) is 0 Å². The number of carbonyl (C=O) groups excluding carboxylic acids is 1. The van der Waals surface area contributed by atoms with E-state index in [9.17, 15) is 26.7 Å². The number of ketones is 1. The third kappa shape index (κ3) is 3.56. The zero-order valence-electron chi connectivity index (χ0n) is 15.3. The molecule has 0 unspecified atom stereocenters. The van der Waals surface area contributed by atoms with Crippen LogP contribution in [0, 0.1) is 11.6 Å². The van der Waals surface area contributed by atoms with E-state index in [1.807, 2.05) is 0 Å². The minimum absolute atomic E-state index is 0.0935. The number of aromatic nitrogens is 2. The van der Waals surface area contributed by atoms with Crippen LogP contribution in [-0.2, 0) is 12.6 Å². The second-order valence-corrected chi connectivity index (χ2v) is 6.62. The molecule has 0 aliphatic heterocycles. The van der Waals surface area contributed by atoms with Crippen LogP contribution in [0.5, 0.6) is 0 Å². The maximum atomic E-state index is 13.8. The van der Waals surface area contributed by atoms with Crippen LogP contribution in [0.2, 0.25) is 0 Å². The summed E-state index contributed by atoms with van der Waals surface area (Å²) in [4.78, 5) is 16.1. The molecule has 0 aliphatic rings. The van der Waals surface area contributed by atoms with Gasteiger partial charge in [0.15, 0.2) is 17.4 Å². The van der Waals surface area contributed by atoms with Crippen molar-refractivity contribution >= 4 is 16.8 Å². The summed E-state index contributed by atoms with van der Waals surface area (Å²) in [6, 6.07) is 15.2. The molecule has 30 heavy (non-hydrogen) atoms. The van der Waals surface area contributed by atoms with Crippen LogP contribution in [0.25, 0.3) is 16.7 Å². The van der Waals surface area contributed by atoms with Gasteiger partial charge < -0.3 is 0 Å². The minimum Gasteiger partial charge on any atom is -0.294 e. The van der Waals surface area contributed by atoms with E-state index in [0.29, 0.717) is 0 Å². The number of fused-ring (bicyclic) bond motifs is 1. The molecule has 0 aliphatic carbocycles. The highest BCUT2D eigenvalue weighted by Crippen LogP contribution is 2.33. The zero-order valence-corrected chi connectivity index (χ0v) is 15.3. The summed E-state index contributed by atoms with van der Waals surface area (Å²) < 4.78 is 68.5. The van der Waals surface area contributed by atoms with Crippen LogP contribution in [0.4, 0.5) is 22.0 Å². The molecule has 0 atom stereocenters. The Labute approximate surface area is 167 Å². The van der Waals surface area contributed by atoms with Crippen LogP contribution >= 0.6 is 0 Å². The molecule has 0 N–H and O–H groups in total. The van der Waals surface area contributed by atoms with Crippen molar-refractivity contribution in [1.82, 2.24) is 9.55 Å². The van der Waals surface area contributed by atoms with Gasteiger partial charge in [-0.15, -0.1) is 0 Å². The molecule has 8 heteroatoms. The second-order valence-electron chi connectivity index (χ2n) is 6.62. The van der Waals surface area contributed by atoms with E-state index in [2.05, 4.69) is 4.98 Å². The quantitative estimate of drug-likeness (QED) is 0.314. The fourth-order valence-corrected chi connectivity index (χ4v) is 3.23. The van der Waals surface area contributed by atoms with Crippen molar-refractivity contribution in [3.63, 3.8) is 0 Å². The van der Waals surface area contributed by atoms with Gasteiger partial charge in [-0.3, -0.25) is 9.36 Å². The van der Waals surface area contributed by atoms with Crippen molar-refractivity contribution in [2.24, 2.45) is 0 Å². The predicted molar refractivity (Wildman–Crippen MR) is 100 cm³/mol. The molecule has 0 radical (unpaired) electrons. The molecule has 152 valence electrons. The van der Waals surface area contributed by atoms with Gasteiger partial charge in [-0.25, -0.2) is 13.8 Å². The summed E-state index contributed by atoms with van der Waals surface area (Å²) in [5, 5.41) is 0. The van der Waals surface area contributed by atoms with Crippen LogP contribution in [-0.4, -0.2) is 15.3 Å². The summed E-state index contributed by atoms with van der Waals surface area (Å²) in [6.07, 6.45) is -5.05. The number of benzene rings is 3. The zero-order chi connectivity index (χ0) is 21.5. The maximum absolute atomic E-state index is 13.8. The van der Waals surface area contributed by atoms with Gasteiger partial charge in [-0.1, -0.05) is 24.3 Å². The van der Waals surface area contributed by atoms with Crippen molar-refractivity contribution in [3.05, 3.63) is 95.3 Å². The Bertz CT molecular complexity index is 1240. The largest absolute Gasteiger partial charge is 0.450 e. The van der Waals surface area contributed by atoms with Crippen molar-refractivity contribution in [2.75, 3.05) is 0 Å². The molecule has 4 aromatic rings. The number of hydrogen-bond donors (Lipinski definition) is 0. The van der Waals surface area contributed by atoms with Crippen molar-refractivity contribution in [1.29, 1.82) is 0 Å². The van der Waals surface area contributed by atoms with Crippen LogP contribution in [0.1, 0.15) is 21.7 Å². The lowest BCUT2D eigenvalue weighted by Crippen LogP contribution is -2.14. The molecule has 0 amide bonds. The summed E-state index contributed by atoms with van der Waals surface area (Å²) in [6.45, 7) is 0. The molecular formula is C22H13F5N2O. The van der Waals surface area contributed by atoms with Crippen molar-refractivity contribution in [2.45, 2.75) is 12.6 Å². The van der Waals surface area contributed by atoms with E-state index in [1.165, 1.54) is 48.5 Å². The van der Waals surface area contributed by atoms with Crippen LogP contribution < -0.4 is 0 Å². The molecule has 3 nitrogen and oxygen atoms in total. The number of rotatable bonds is 4. The molecule has 1 heterocycles. The molecule has 0 spiro atoms. The summed E-state index contributed by atoms with van der Waals surface area (Å²) >= 11 is 0. The first-order valence-electron chi connectivity index (χ1n) is 8.87. The lowest BCUT2D eigenvalue weighted by molar-refractivity contribution is -0.145. The number of carbonyl (C=O) groups is 1. The summed E-state index contributed by atoms with van der Waals surface area (Å²) in [7, 11) is 0. The molecule has 3 aromatic carbocycles. The van der Waals surface area contributed by atoms with Gasteiger partial charge in [0.2, 0.25) is 5.82 Å². The Balaban J connectivity index is 1.69. The lowest BCUT2D eigenvalue weighted by Gasteiger charge is -2.12. The first-order valence-corrected chi connectivity index (χ1v) is 8.87. The van der Waals surface area contributed by atoms with Crippen molar-refractivity contribution < 1.29 is 26.7 Å². The van der Waals surface area contributed by atoms with Gasteiger partial charge in [0.1, 0.15) is 0 Å². The average Bonchev–Trinajstić information content (AvgIpc) is 3.12. The van der Waals surface area contributed by atoms with E-state index in [0.717, 1.165) is 10.6 Å². The number of halogens is 5. The highest BCUT2D eigenvalue weighted by molar-refractivity contribution is 5.97. The number of para-hydroxylation sites is 2. The van der Waals surface area contributed by atoms with Gasteiger partial charge >= 0.3 is 6.18 Å². The SMILES string of the molecule is O=C(Cc1cccc(F)c1F)c1ccc(-n2c(C(F)(F)F)nc3ccccc32)cc1. The normalized spacial score (nSPS) is 11.8. The Morgan fingerprint density at radius 2 is 1.60 bits per heavy atom. The van der Waals surface area contributed by atoms with E-state index >= 15 is 0 Å². The molecule has 0 bridgehead atoms. The summed E-state index contributed by atoms with van der Waals surface area (Å²) in [5.41, 5.74) is 0.700. The maximum Gasteiger partial charge on any atom is 0.450 e. The number of hydrogen-bond acceptors (Lipinski definition) is 2. The fourth-order valence-electron chi connectivity index (χ4n) is 3.23.